The number of aliphatic hydroxyl groups is 1. The van der Waals surface area contributed by atoms with E-state index in [1.54, 1.807) is 31.6 Å². The highest BCUT2D eigenvalue weighted by atomic mass is 32.1. The molecule has 0 bridgehead atoms. The number of hydrogen-bond donors (Lipinski definition) is 2. The minimum atomic E-state index is -0.339. The van der Waals surface area contributed by atoms with Gasteiger partial charge in [-0.2, -0.15) is 18.8 Å². The highest BCUT2D eigenvalue weighted by molar-refractivity contribution is 7.59. The van der Waals surface area contributed by atoms with Gasteiger partial charge in [0.2, 0.25) is 11.8 Å². The van der Waals surface area contributed by atoms with Gasteiger partial charge < -0.3 is 15.2 Å². The largest absolute Gasteiger partial charge is 0.480 e. The number of benzene rings is 1. The number of hydrogen-bond acceptors (Lipinski definition) is 7. The number of pyridine rings is 1. The lowest BCUT2D eigenvalue weighted by atomic mass is 9.83. The van der Waals surface area contributed by atoms with Crippen molar-refractivity contribution >= 4 is 25.1 Å². The average molecular weight is 422 g/mol. The van der Waals surface area contributed by atoms with E-state index in [0.717, 1.165) is 29.5 Å². The summed E-state index contributed by atoms with van der Waals surface area (Å²) in [6.45, 7) is 2.08. The van der Waals surface area contributed by atoms with Crippen LogP contribution in [0.1, 0.15) is 30.0 Å². The van der Waals surface area contributed by atoms with Crippen LogP contribution in [0.3, 0.4) is 0 Å². The fraction of sp³-hybridized carbons (Fsp3) is 0.273. The van der Waals surface area contributed by atoms with E-state index in [1.807, 2.05) is 25.1 Å². The minimum absolute atomic E-state index is 0. The summed E-state index contributed by atoms with van der Waals surface area (Å²) < 4.78 is 5.26. The zero-order chi connectivity index (χ0) is 20.4. The molecule has 30 heavy (non-hydrogen) atoms. The normalized spacial score (nSPS) is 16.9. The molecule has 1 aliphatic carbocycles. The standard InChI is InChI=1S/C22H21N5O2.H2S/c1-22(13-28)7-5-16-15(12-23)10-14(11-17(16)22)18-6-9-25-21(26-18)27-19-4-3-8-24-20(19)29-2;/h3-4,6,8-11,28H,5,7,13H2,1-2H3,(H,25,26,27);1H2/t22-;/m0./s1. The smallest absolute Gasteiger partial charge is 0.237 e. The Morgan fingerprint density at radius 1 is 1.27 bits per heavy atom. The van der Waals surface area contributed by atoms with Gasteiger partial charge >= 0.3 is 0 Å². The predicted molar refractivity (Wildman–Crippen MR) is 119 cm³/mol. The molecule has 8 heteroatoms. The molecule has 1 aromatic carbocycles. The second-order valence-electron chi connectivity index (χ2n) is 7.33. The molecular weight excluding hydrogens is 398 g/mol. The van der Waals surface area contributed by atoms with Gasteiger partial charge in [0.1, 0.15) is 5.69 Å². The zero-order valence-electron chi connectivity index (χ0n) is 16.8. The van der Waals surface area contributed by atoms with E-state index < -0.39 is 0 Å². The molecule has 0 spiro atoms. The second kappa shape index (κ2) is 8.69. The minimum Gasteiger partial charge on any atom is -0.480 e. The number of aliphatic hydroxyl groups excluding tert-OH is 1. The maximum Gasteiger partial charge on any atom is 0.237 e. The van der Waals surface area contributed by atoms with Gasteiger partial charge in [-0.15, -0.1) is 0 Å². The number of aromatic nitrogens is 3. The third-order valence-electron chi connectivity index (χ3n) is 5.46. The summed E-state index contributed by atoms with van der Waals surface area (Å²) in [4.78, 5) is 13.1. The van der Waals surface area contributed by atoms with Crippen molar-refractivity contribution in [1.29, 1.82) is 5.26 Å². The first-order valence-electron chi connectivity index (χ1n) is 9.36. The van der Waals surface area contributed by atoms with Crippen molar-refractivity contribution in [3.05, 3.63) is 59.4 Å². The van der Waals surface area contributed by atoms with Gasteiger partial charge in [0.15, 0.2) is 0 Å². The first-order valence-corrected chi connectivity index (χ1v) is 9.36. The number of nitrogens with one attached hydrogen (secondary N) is 1. The summed E-state index contributed by atoms with van der Waals surface area (Å²) in [5.41, 5.74) is 4.52. The lowest BCUT2D eigenvalue weighted by Crippen LogP contribution is -2.23. The van der Waals surface area contributed by atoms with Crippen molar-refractivity contribution in [3.63, 3.8) is 0 Å². The Morgan fingerprint density at radius 2 is 2.10 bits per heavy atom. The highest BCUT2D eigenvalue weighted by Crippen LogP contribution is 2.42. The van der Waals surface area contributed by atoms with Gasteiger partial charge in [0, 0.05) is 23.4 Å². The molecular formula is C22H23N5O2S. The van der Waals surface area contributed by atoms with E-state index in [1.165, 1.54) is 0 Å². The number of anilines is 2. The first-order chi connectivity index (χ1) is 14.1. The van der Waals surface area contributed by atoms with Crippen molar-refractivity contribution in [2.75, 3.05) is 19.0 Å². The summed E-state index contributed by atoms with van der Waals surface area (Å²) in [6, 6.07) is 11.6. The molecule has 1 aliphatic rings. The molecule has 7 nitrogen and oxygen atoms in total. The topological polar surface area (TPSA) is 104 Å². The Labute approximate surface area is 182 Å². The molecule has 0 unspecified atom stereocenters. The van der Waals surface area contributed by atoms with E-state index in [9.17, 15) is 10.4 Å². The van der Waals surface area contributed by atoms with Gasteiger partial charge in [-0.1, -0.05) is 6.92 Å². The molecule has 0 saturated heterocycles. The van der Waals surface area contributed by atoms with Crippen LogP contribution in [0.2, 0.25) is 0 Å². The van der Waals surface area contributed by atoms with Crippen molar-refractivity contribution in [1.82, 2.24) is 15.0 Å². The zero-order valence-corrected chi connectivity index (χ0v) is 17.8. The third-order valence-corrected chi connectivity index (χ3v) is 5.46. The van der Waals surface area contributed by atoms with Crippen LogP contribution in [-0.4, -0.2) is 33.8 Å². The van der Waals surface area contributed by atoms with Crippen LogP contribution in [0.25, 0.3) is 11.3 Å². The molecule has 0 fully saturated rings. The molecule has 3 aromatic rings. The van der Waals surface area contributed by atoms with Crippen LogP contribution in [0.4, 0.5) is 11.6 Å². The Kier molecular flexibility index (Phi) is 6.25. The number of fused-ring (bicyclic) bond motifs is 1. The van der Waals surface area contributed by atoms with Gasteiger partial charge in [0.05, 0.1) is 31.0 Å². The van der Waals surface area contributed by atoms with Crippen LogP contribution in [0, 0.1) is 11.3 Å². The van der Waals surface area contributed by atoms with E-state index >= 15 is 0 Å². The fourth-order valence-electron chi connectivity index (χ4n) is 3.78. The Bertz CT molecular complexity index is 1110. The fourth-order valence-corrected chi connectivity index (χ4v) is 3.78. The van der Waals surface area contributed by atoms with Gasteiger partial charge in [-0.3, -0.25) is 0 Å². The lowest BCUT2D eigenvalue weighted by molar-refractivity contribution is 0.206. The summed E-state index contributed by atoms with van der Waals surface area (Å²) in [5.74, 6) is 0.849. The molecule has 1 atom stereocenters. The number of nitriles is 1. The van der Waals surface area contributed by atoms with E-state index in [-0.39, 0.29) is 25.5 Å². The number of methoxy groups -OCH3 is 1. The van der Waals surface area contributed by atoms with Crippen molar-refractivity contribution in [2.24, 2.45) is 0 Å². The van der Waals surface area contributed by atoms with E-state index in [0.29, 0.717) is 28.8 Å². The van der Waals surface area contributed by atoms with Gasteiger partial charge in [-0.25, -0.2) is 15.0 Å². The Hall–Kier alpha value is -3.15. The van der Waals surface area contributed by atoms with Crippen molar-refractivity contribution in [2.45, 2.75) is 25.2 Å². The Morgan fingerprint density at radius 3 is 2.83 bits per heavy atom. The average Bonchev–Trinajstić information content (AvgIpc) is 3.11. The third kappa shape index (κ3) is 3.82. The van der Waals surface area contributed by atoms with E-state index in [4.69, 9.17) is 4.74 Å². The van der Waals surface area contributed by atoms with Gasteiger partial charge in [-0.05, 0) is 54.3 Å². The molecule has 4 rings (SSSR count). The maximum absolute atomic E-state index is 9.92. The second-order valence-corrected chi connectivity index (χ2v) is 7.33. The number of rotatable bonds is 5. The summed E-state index contributed by atoms with van der Waals surface area (Å²) in [7, 11) is 1.55. The molecule has 2 aromatic heterocycles. The Balaban J connectivity index is 0.00000256. The molecule has 0 saturated carbocycles. The molecule has 154 valence electrons. The van der Waals surface area contributed by atoms with Crippen LogP contribution in [0.5, 0.6) is 5.88 Å². The van der Waals surface area contributed by atoms with Crippen LogP contribution >= 0.6 is 13.5 Å². The quantitative estimate of drug-likeness (QED) is 0.650. The molecule has 0 aliphatic heterocycles. The van der Waals surface area contributed by atoms with Crippen molar-refractivity contribution in [3.8, 4) is 23.2 Å². The monoisotopic (exact) mass is 421 g/mol. The van der Waals surface area contributed by atoms with Gasteiger partial charge in [0.25, 0.3) is 0 Å². The van der Waals surface area contributed by atoms with Crippen molar-refractivity contribution < 1.29 is 9.84 Å². The predicted octanol–water partition coefficient (Wildman–Crippen LogP) is 3.47. The number of ether oxygens (including phenoxy) is 1. The first kappa shape index (κ1) is 21.6. The molecule has 2 heterocycles. The van der Waals surface area contributed by atoms with Crippen LogP contribution in [0.15, 0.2) is 42.7 Å². The summed E-state index contributed by atoms with van der Waals surface area (Å²) in [6.07, 6.45) is 4.94. The molecule has 0 radical (unpaired) electrons. The van der Waals surface area contributed by atoms with Crippen LogP contribution in [-0.2, 0) is 11.8 Å². The number of nitrogens with zero attached hydrogens (tertiary/aromatic N) is 4. The maximum atomic E-state index is 9.92. The van der Waals surface area contributed by atoms with Crippen LogP contribution < -0.4 is 10.1 Å². The SMILES string of the molecule is COc1ncccc1Nc1nccc(-c2cc(C#N)c3c(c2)[C@](C)(CO)CC3)n1.S. The summed E-state index contributed by atoms with van der Waals surface area (Å²) in [5, 5.41) is 22.7. The highest BCUT2D eigenvalue weighted by Gasteiger charge is 2.35. The molecule has 2 N–H and O–H groups in total. The van der Waals surface area contributed by atoms with E-state index in [2.05, 4.69) is 26.3 Å². The summed E-state index contributed by atoms with van der Waals surface area (Å²) >= 11 is 0. The lowest BCUT2D eigenvalue weighted by Gasteiger charge is -2.23. The molecule has 0 amide bonds.